The maximum atomic E-state index is 12.2. The van der Waals surface area contributed by atoms with E-state index in [1.165, 1.54) is 6.07 Å². The van der Waals surface area contributed by atoms with Gasteiger partial charge in [0.25, 0.3) is 5.91 Å². The minimum atomic E-state index is -4.81. The molecule has 0 aliphatic carbocycles. The van der Waals surface area contributed by atoms with Gasteiger partial charge in [-0.15, -0.1) is 13.2 Å². The van der Waals surface area contributed by atoms with Crippen molar-refractivity contribution in [3.8, 4) is 5.88 Å². The van der Waals surface area contributed by atoms with Gasteiger partial charge in [0, 0.05) is 23.2 Å². The predicted molar refractivity (Wildman–Crippen MR) is 80.6 cm³/mol. The first-order valence-electron chi connectivity index (χ1n) is 6.79. The van der Waals surface area contributed by atoms with Gasteiger partial charge >= 0.3 is 6.36 Å². The number of nitrogens with zero attached hydrogens (tertiary/aromatic N) is 2. The van der Waals surface area contributed by atoms with Gasteiger partial charge in [-0.1, -0.05) is 12.1 Å². The zero-order valence-corrected chi connectivity index (χ0v) is 12.0. The zero-order chi connectivity index (χ0) is 17.2. The van der Waals surface area contributed by atoms with E-state index in [-0.39, 0.29) is 5.69 Å². The number of alkyl halides is 3. The molecule has 0 fully saturated rings. The van der Waals surface area contributed by atoms with E-state index in [1.54, 1.807) is 30.5 Å². The number of carbonyl (C=O) groups excluding carboxylic acids is 1. The smallest absolute Gasteiger partial charge is 0.388 e. The number of benzene rings is 1. The molecule has 0 radical (unpaired) electrons. The van der Waals surface area contributed by atoms with Crippen molar-refractivity contribution in [1.29, 1.82) is 0 Å². The van der Waals surface area contributed by atoms with Gasteiger partial charge in [0.15, 0.2) is 0 Å². The quantitative estimate of drug-likeness (QED) is 0.792. The molecule has 24 heavy (non-hydrogen) atoms. The third-order valence-electron chi connectivity index (χ3n) is 3.08. The van der Waals surface area contributed by atoms with Gasteiger partial charge < -0.3 is 10.1 Å². The second-order valence-electron chi connectivity index (χ2n) is 4.80. The van der Waals surface area contributed by atoms with Crippen molar-refractivity contribution < 1.29 is 22.7 Å². The van der Waals surface area contributed by atoms with Crippen LogP contribution in [0.2, 0.25) is 0 Å². The number of fused-ring (bicyclic) bond motifs is 1. The summed E-state index contributed by atoms with van der Waals surface area (Å²) < 4.78 is 39.9. The molecule has 1 aromatic carbocycles. The van der Waals surface area contributed by atoms with Crippen LogP contribution in [0.15, 0.2) is 54.9 Å². The van der Waals surface area contributed by atoms with Gasteiger partial charge in [0.2, 0.25) is 5.88 Å². The average molecular weight is 333 g/mol. The maximum Gasteiger partial charge on any atom is 0.574 e. The number of carbonyl (C=O) groups is 1. The molecule has 0 unspecified atom stereocenters. The summed E-state index contributed by atoms with van der Waals surface area (Å²) >= 11 is 0. The zero-order valence-electron chi connectivity index (χ0n) is 12.0. The number of halogens is 3. The lowest BCUT2D eigenvalue weighted by Crippen LogP contribution is -2.18. The predicted octanol–water partition coefficient (Wildman–Crippen LogP) is 3.78. The number of aromatic nitrogens is 2. The topological polar surface area (TPSA) is 64.1 Å². The van der Waals surface area contributed by atoms with E-state index in [2.05, 4.69) is 20.0 Å². The summed E-state index contributed by atoms with van der Waals surface area (Å²) in [5, 5.41) is 3.44. The SMILES string of the molecule is O=C(Nc1ccc(OC(F)(F)F)nc1)c1ccc2cccnc2c1. The molecule has 1 amide bonds. The Labute approximate surface area is 134 Å². The van der Waals surface area contributed by atoms with Crippen LogP contribution in [0.1, 0.15) is 10.4 Å². The lowest BCUT2D eigenvalue weighted by atomic mass is 10.1. The van der Waals surface area contributed by atoms with E-state index in [0.29, 0.717) is 11.1 Å². The van der Waals surface area contributed by atoms with Crippen LogP contribution >= 0.6 is 0 Å². The number of rotatable bonds is 3. The summed E-state index contributed by atoms with van der Waals surface area (Å²) in [6, 6.07) is 11.0. The molecule has 0 aliphatic heterocycles. The first kappa shape index (κ1) is 15.7. The highest BCUT2D eigenvalue weighted by molar-refractivity contribution is 6.06. The first-order valence-corrected chi connectivity index (χ1v) is 6.79. The number of pyridine rings is 2. The Hall–Kier alpha value is -3.16. The Morgan fingerprint density at radius 3 is 2.62 bits per heavy atom. The average Bonchev–Trinajstić information content (AvgIpc) is 2.55. The molecule has 0 bridgehead atoms. The Morgan fingerprint density at radius 2 is 1.92 bits per heavy atom. The normalized spacial score (nSPS) is 11.3. The monoisotopic (exact) mass is 333 g/mol. The fraction of sp³-hybridized carbons (Fsp3) is 0.0625. The summed E-state index contributed by atoms with van der Waals surface area (Å²) in [4.78, 5) is 19.8. The molecule has 2 aromatic heterocycles. The van der Waals surface area contributed by atoms with Gasteiger partial charge in [-0.3, -0.25) is 9.78 Å². The lowest BCUT2D eigenvalue weighted by molar-refractivity contribution is -0.276. The van der Waals surface area contributed by atoms with Crippen molar-refractivity contribution in [2.45, 2.75) is 6.36 Å². The molecule has 1 N–H and O–H groups in total. The molecular weight excluding hydrogens is 323 g/mol. The second-order valence-corrected chi connectivity index (χ2v) is 4.80. The van der Waals surface area contributed by atoms with E-state index >= 15 is 0 Å². The lowest BCUT2D eigenvalue weighted by Gasteiger charge is -2.09. The highest BCUT2D eigenvalue weighted by Gasteiger charge is 2.31. The van der Waals surface area contributed by atoms with Crippen molar-refractivity contribution in [3.63, 3.8) is 0 Å². The molecular formula is C16H10F3N3O2. The van der Waals surface area contributed by atoms with E-state index in [9.17, 15) is 18.0 Å². The Kier molecular flexibility index (Phi) is 4.03. The van der Waals surface area contributed by atoms with Crippen LogP contribution < -0.4 is 10.1 Å². The molecule has 0 spiro atoms. The minimum absolute atomic E-state index is 0.246. The van der Waals surface area contributed by atoms with Crippen molar-refractivity contribution in [2.75, 3.05) is 5.32 Å². The number of hydrogen-bond acceptors (Lipinski definition) is 4. The molecule has 5 nitrogen and oxygen atoms in total. The molecule has 0 saturated carbocycles. The van der Waals surface area contributed by atoms with Crippen molar-refractivity contribution in [1.82, 2.24) is 9.97 Å². The summed E-state index contributed by atoms with van der Waals surface area (Å²) in [6.45, 7) is 0. The van der Waals surface area contributed by atoms with E-state index in [1.807, 2.05) is 6.07 Å². The van der Waals surface area contributed by atoms with Crippen LogP contribution in [-0.2, 0) is 0 Å². The maximum absolute atomic E-state index is 12.2. The number of amides is 1. The Balaban J connectivity index is 1.73. The third kappa shape index (κ3) is 3.78. The number of anilines is 1. The number of hydrogen-bond donors (Lipinski definition) is 1. The van der Waals surface area contributed by atoms with E-state index < -0.39 is 18.1 Å². The van der Waals surface area contributed by atoms with Crippen molar-refractivity contribution in [2.24, 2.45) is 0 Å². The summed E-state index contributed by atoms with van der Waals surface area (Å²) in [6.07, 6.45) is -2.11. The van der Waals surface area contributed by atoms with Crippen LogP contribution in [0.3, 0.4) is 0 Å². The summed E-state index contributed by atoms with van der Waals surface area (Å²) in [5.41, 5.74) is 1.28. The standard InChI is InChI=1S/C16H10F3N3O2/c17-16(18,19)24-14-6-5-12(9-21-14)22-15(23)11-4-3-10-2-1-7-20-13(10)8-11/h1-9H,(H,22,23). The minimum Gasteiger partial charge on any atom is -0.388 e. The van der Waals surface area contributed by atoms with Gasteiger partial charge in [-0.2, -0.15) is 0 Å². The summed E-state index contributed by atoms with van der Waals surface area (Å²) in [5.74, 6) is -1.02. The molecule has 0 aliphatic rings. The van der Waals surface area contributed by atoms with Gasteiger partial charge in [0.1, 0.15) is 0 Å². The molecule has 2 heterocycles. The summed E-state index contributed by atoms with van der Waals surface area (Å²) in [7, 11) is 0. The fourth-order valence-corrected chi connectivity index (χ4v) is 2.04. The highest BCUT2D eigenvalue weighted by Crippen LogP contribution is 2.22. The van der Waals surface area contributed by atoms with Crippen molar-refractivity contribution in [3.05, 3.63) is 60.4 Å². The Bertz CT molecular complexity index is 880. The van der Waals surface area contributed by atoms with Crippen LogP contribution in [0.4, 0.5) is 18.9 Å². The first-order chi connectivity index (χ1) is 11.4. The van der Waals surface area contributed by atoms with Gasteiger partial charge in [-0.05, 0) is 24.3 Å². The van der Waals surface area contributed by atoms with Crippen LogP contribution in [0.25, 0.3) is 10.9 Å². The molecule has 0 saturated heterocycles. The van der Waals surface area contributed by atoms with Crippen LogP contribution in [-0.4, -0.2) is 22.2 Å². The molecule has 3 rings (SSSR count). The van der Waals surface area contributed by atoms with Crippen LogP contribution in [0.5, 0.6) is 5.88 Å². The highest BCUT2D eigenvalue weighted by atomic mass is 19.4. The fourth-order valence-electron chi connectivity index (χ4n) is 2.04. The van der Waals surface area contributed by atoms with Crippen LogP contribution in [0, 0.1) is 0 Å². The van der Waals surface area contributed by atoms with E-state index in [4.69, 9.17) is 0 Å². The largest absolute Gasteiger partial charge is 0.574 e. The molecule has 0 atom stereocenters. The Morgan fingerprint density at radius 1 is 1.08 bits per heavy atom. The number of nitrogens with one attached hydrogen (secondary N) is 1. The molecule has 3 aromatic rings. The third-order valence-corrected chi connectivity index (χ3v) is 3.08. The van der Waals surface area contributed by atoms with E-state index in [0.717, 1.165) is 17.6 Å². The van der Waals surface area contributed by atoms with Gasteiger partial charge in [-0.25, -0.2) is 4.98 Å². The number of ether oxygens (including phenoxy) is 1. The molecule has 122 valence electrons. The second kappa shape index (κ2) is 6.15. The van der Waals surface area contributed by atoms with Gasteiger partial charge in [0.05, 0.1) is 17.4 Å². The molecule has 8 heteroatoms. The van der Waals surface area contributed by atoms with Crippen molar-refractivity contribution >= 4 is 22.5 Å².